The third-order valence-corrected chi connectivity index (χ3v) is 5.29. The van der Waals surface area contributed by atoms with E-state index in [0.717, 1.165) is 36.7 Å². The molecule has 0 bridgehead atoms. The highest BCUT2D eigenvalue weighted by Crippen LogP contribution is 2.19. The van der Waals surface area contributed by atoms with Gasteiger partial charge in [0.25, 0.3) is 0 Å². The van der Waals surface area contributed by atoms with Crippen LogP contribution in [0.4, 0.5) is 0 Å². The minimum atomic E-state index is 0.592. The van der Waals surface area contributed by atoms with Crippen LogP contribution in [0, 0.1) is 6.92 Å². The zero-order valence-corrected chi connectivity index (χ0v) is 19.2. The first kappa shape index (κ1) is 22.3. The fourth-order valence-corrected chi connectivity index (χ4v) is 3.50. The highest BCUT2D eigenvalue weighted by atomic mass is 16.3. The molecule has 4 rings (SSSR count). The average Bonchev–Trinajstić information content (AvgIpc) is 3.51. The lowest BCUT2D eigenvalue weighted by Crippen LogP contribution is -2.38. The lowest BCUT2D eigenvalue weighted by atomic mass is 10.1. The second-order valence-corrected chi connectivity index (χ2v) is 7.85. The maximum absolute atomic E-state index is 5.67. The number of hydrogen-bond acceptors (Lipinski definition) is 4. The third kappa shape index (κ3) is 6.32. The molecule has 2 aromatic heterocycles. The summed E-state index contributed by atoms with van der Waals surface area (Å²) in [5.41, 5.74) is 5.52. The standard InChI is InChI=1S/C26H30N6O/c1-3-27-26(29-17-22-7-4-5-8-23(22)18-32-16-6-14-30-32)28-15-13-24-19-33-25(31-24)21-11-9-20(2)10-12-21/h4-12,14,16,19H,3,13,15,17-18H2,1-2H3,(H2,27,28,29). The van der Waals surface area contributed by atoms with E-state index in [1.807, 2.05) is 35.1 Å². The van der Waals surface area contributed by atoms with Crippen LogP contribution >= 0.6 is 0 Å². The number of nitrogens with one attached hydrogen (secondary N) is 2. The molecule has 2 aromatic carbocycles. The van der Waals surface area contributed by atoms with Crippen molar-refractivity contribution in [1.29, 1.82) is 0 Å². The molecule has 33 heavy (non-hydrogen) atoms. The SMILES string of the molecule is CCNC(=NCc1ccccc1Cn1cccn1)NCCc1coc(-c2ccc(C)cc2)n1. The van der Waals surface area contributed by atoms with E-state index in [2.05, 4.69) is 64.9 Å². The first-order chi connectivity index (χ1) is 16.2. The Balaban J connectivity index is 1.34. The molecule has 0 aliphatic heterocycles. The van der Waals surface area contributed by atoms with Gasteiger partial charge in [0.15, 0.2) is 5.96 Å². The minimum Gasteiger partial charge on any atom is -0.444 e. The van der Waals surface area contributed by atoms with Crippen LogP contribution in [0.15, 0.2) is 82.7 Å². The molecule has 0 aliphatic rings. The van der Waals surface area contributed by atoms with E-state index in [1.54, 1.807) is 12.5 Å². The Bertz CT molecular complexity index is 1160. The molecule has 2 heterocycles. The first-order valence-corrected chi connectivity index (χ1v) is 11.3. The molecular formula is C26H30N6O. The summed E-state index contributed by atoms with van der Waals surface area (Å²) < 4.78 is 7.59. The van der Waals surface area contributed by atoms with E-state index < -0.39 is 0 Å². The lowest BCUT2D eigenvalue weighted by molar-refractivity contribution is 0.572. The lowest BCUT2D eigenvalue weighted by Gasteiger charge is -2.12. The highest BCUT2D eigenvalue weighted by Gasteiger charge is 2.08. The minimum absolute atomic E-state index is 0.592. The van der Waals surface area contributed by atoms with E-state index in [4.69, 9.17) is 9.41 Å². The summed E-state index contributed by atoms with van der Waals surface area (Å²) >= 11 is 0. The van der Waals surface area contributed by atoms with Crippen LogP contribution in [0.1, 0.15) is 29.3 Å². The normalized spacial score (nSPS) is 11.5. The molecule has 0 atom stereocenters. The van der Waals surface area contributed by atoms with Crippen LogP contribution in [-0.2, 0) is 19.5 Å². The smallest absolute Gasteiger partial charge is 0.226 e. The van der Waals surface area contributed by atoms with Crippen LogP contribution in [0.5, 0.6) is 0 Å². The number of rotatable bonds is 9. The van der Waals surface area contributed by atoms with Gasteiger partial charge in [-0.15, -0.1) is 0 Å². The summed E-state index contributed by atoms with van der Waals surface area (Å²) in [6.07, 6.45) is 6.24. The van der Waals surface area contributed by atoms with Gasteiger partial charge in [-0.25, -0.2) is 9.98 Å². The molecule has 7 nitrogen and oxygen atoms in total. The van der Waals surface area contributed by atoms with Gasteiger partial charge in [-0.3, -0.25) is 4.68 Å². The zero-order valence-electron chi connectivity index (χ0n) is 19.2. The Labute approximate surface area is 194 Å². The van der Waals surface area contributed by atoms with Crippen molar-refractivity contribution >= 4 is 5.96 Å². The molecule has 0 unspecified atom stereocenters. The van der Waals surface area contributed by atoms with Crippen molar-refractivity contribution in [1.82, 2.24) is 25.4 Å². The number of aryl methyl sites for hydroxylation is 1. The Hall–Kier alpha value is -3.87. The fraction of sp³-hybridized carbons (Fsp3) is 0.269. The van der Waals surface area contributed by atoms with Gasteiger partial charge < -0.3 is 15.1 Å². The molecule has 170 valence electrons. The van der Waals surface area contributed by atoms with E-state index >= 15 is 0 Å². The predicted octanol–water partition coefficient (Wildman–Crippen LogP) is 4.19. The number of nitrogens with zero attached hydrogens (tertiary/aromatic N) is 4. The van der Waals surface area contributed by atoms with Crippen LogP contribution in [0.25, 0.3) is 11.5 Å². The van der Waals surface area contributed by atoms with Gasteiger partial charge in [0.05, 0.1) is 18.8 Å². The Morgan fingerprint density at radius 3 is 2.61 bits per heavy atom. The fourth-order valence-electron chi connectivity index (χ4n) is 3.50. The third-order valence-electron chi connectivity index (χ3n) is 5.29. The largest absolute Gasteiger partial charge is 0.444 e. The van der Waals surface area contributed by atoms with Crippen molar-refractivity contribution in [2.45, 2.75) is 33.4 Å². The van der Waals surface area contributed by atoms with Gasteiger partial charge in [0, 0.05) is 37.5 Å². The summed E-state index contributed by atoms with van der Waals surface area (Å²) in [5, 5.41) is 11.0. The van der Waals surface area contributed by atoms with Gasteiger partial charge in [0.2, 0.25) is 5.89 Å². The van der Waals surface area contributed by atoms with E-state index in [9.17, 15) is 0 Å². The Morgan fingerprint density at radius 1 is 1.03 bits per heavy atom. The summed E-state index contributed by atoms with van der Waals surface area (Å²) in [6.45, 7) is 6.96. The molecule has 0 aliphatic carbocycles. The summed E-state index contributed by atoms with van der Waals surface area (Å²) in [6, 6.07) is 18.5. The van der Waals surface area contributed by atoms with Crippen molar-refractivity contribution in [2.24, 2.45) is 4.99 Å². The second-order valence-electron chi connectivity index (χ2n) is 7.85. The number of guanidine groups is 1. The number of benzene rings is 2. The van der Waals surface area contributed by atoms with Crippen LogP contribution < -0.4 is 10.6 Å². The molecular weight excluding hydrogens is 412 g/mol. The van der Waals surface area contributed by atoms with Crippen LogP contribution in [-0.4, -0.2) is 33.8 Å². The number of hydrogen-bond donors (Lipinski definition) is 2. The van der Waals surface area contributed by atoms with Crippen molar-refractivity contribution in [3.05, 3.63) is 95.6 Å². The second kappa shape index (κ2) is 11.1. The topological polar surface area (TPSA) is 80.3 Å². The molecule has 0 saturated carbocycles. The van der Waals surface area contributed by atoms with Crippen LogP contribution in [0.3, 0.4) is 0 Å². The molecule has 4 aromatic rings. The highest BCUT2D eigenvalue weighted by molar-refractivity contribution is 5.79. The van der Waals surface area contributed by atoms with Gasteiger partial charge in [-0.05, 0) is 43.2 Å². The molecule has 2 N–H and O–H groups in total. The molecule has 0 fully saturated rings. The summed E-state index contributed by atoms with van der Waals surface area (Å²) in [7, 11) is 0. The van der Waals surface area contributed by atoms with E-state index in [-0.39, 0.29) is 0 Å². The quantitative estimate of drug-likeness (QED) is 0.300. The summed E-state index contributed by atoms with van der Waals surface area (Å²) in [4.78, 5) is 9.41. The number of oxazole rings is 1. The van der Waals surface area contributed by atoms with Crippen molar-refractivity contribution in [3.63, 3.8) is 0 Å². The summed E-state index contributed by atoms with van der Waals surface area (Å²) in [5.74, 6) is 1.44. The Kier molecular flexibility index (Phi) is 7.53. The van der Waals surface area contributed by atoms with Gasteiger partial charge >= 0.3 is 0 Å². The van der Waals surface area contributed by atoms with E-state index in [1.165, 1.54) is 16.7 Å². The maximum atomic E-state index is 5.67. The molecule has 0 amide bonds. The molecule has 0 radical (unpaired) electrons. The monoisotopic (exact) mass is 442 g/mol. The number of aromatic nitrogens is 3. The Morgan fingerprint density at radius 2 is 1.85 bits per heavy atom. The average molecular weight is 443 g/mol. The van der Waals surface area contributed by atoms with Crippen molar-refractivity contribution < 1.29 is 4.42 Å². The molecule has 0 saturated heterocycles. The van der Waals surface area contributed by atoms with Crippen molar-refractivity contribution in [3.8, 4) is 11.5 Å². The van der Waals surface area contributed by atoms with Gasteiger partial charge in [-0.2, -0.15) is 5.10 Å². The van der Waals surface area contributed by atoms with Crippen molar-refractivity contribution in [2.75, 3.05) is 13.1 Å². The van der Waals surface area contributed by atoms with Gasteiger partial charge in [-0.1, -0.05) is 42.0 Å². The maximum Gasteiger partial charge on any atom is 0.226 e. The predicted molar refractivity (Wildman–Crippen MR) is 131 cm³/mol. The molecule has 7 heteroatoms. The van der Waals surface area contributed by atoms with E-state index in [0.29, 0.717) is 19.0 Å². The zero-order chi connectivity index (χ0) is 22.9. The van der Waals surface area contributed by atoms with Gasteiger partial charge in [0.1, 0.15) is 6.26 Å². The number of aliphatic imine (C=N–C) groups is 1. The molecule has 0 spiro atoms. The first-order valence-electron chi connectivity index (χ1n) is 11.3. The van der Waals surface area contributed by atoms with Crippen LogP contribution in [0.2, 0.25) is 0 Å².